The lowest BCUT2D eigenvalue weighted by molar-refractivity contribution is -0.127. The first-order chi connectivity index (χ1) is 15.0. The van der Waals surface area contributed by atoms with Crippen molar-refractivity contribution in [2.24, 2.45) is 0 Å². The van der Waals surface area contributed by atoms with E-state index in [2.05, 4.69) is 4.98 Å². The number of piperidine rings is 1. The second-order valence-electron chi connectivity index (χ2n) is 8.21. The largest absolute Gasteiger partial charge is 0.445 e. The molecule has 0 atom stereocenters. The Balaban J connectivity index is 1.33. The smallest absolute Gasteiger partial charge is 0.276 e. The standard InChI is InChI=1S/C24H29N3O4/c1-17-3-5-19(6-4-17)7-8-21(28)26-11-9-20(10-12-26)23-25-22(18(2)31-23)24(29)27-13-15-30-16-14-27/h3-8,20H,9-16H2,1-2H3/b8-7+. The molecule has 0 aliphatic carbocycles. The predicted molar refractivity (Wildman–Crippen MR) is 117 cm³/mol. The van der Waals surface area contributed by atoms with E-state index in [-0.39, 0.29) is 17.7 Å². The van der Waals surface area contributed by atoms with E-state index in [9.17, 15) is 9.59 Å². The molecule has 31 heavy (non-hydrogen) atoms. The normalized spacial score (nSPS) is 18.0. The second-order valence-corrected chi connectivity index (χ2v) is 8.21. The van der Waals surface area contributed by atoms with Gasteiger partial charge in [-0.25, -0.2) is 4.98 Å². The summed E-state index contributed by atoms with van der Waals surface area (Å²) in [4.78, 5) is 33.5. The van der Waals surface area contributed by atoms with E-state index >= 15 is 0 Å². The molecule has 2 aliphatic heterocycles. The highest BCUT2D eigenvalue weighted by molar-refractivity contribution is 5.93. The lowest BCUT2D eigenvalue weighted by Crippen LogP contribution is -2.41. The lowest BCUT2D eigenvalue weighted by atomic mass is 9.96. The van der Waals surface area contributed by atoms with Gasteiger partial charge in [0.15, 0.2) is 11.6 Å². The predicted octanol–water partition coefficient (Wildman–Crippen LogP) is 3.18. The van der Waals surface area contributed by atoms with Crippen LogP contribution in [0, 0.1) is 13.8 Å². The fourth-order valence-corrected chi connectivity index (χ4v) is 4.00. The summed E-state index contributed by atoms with van der Waals surface area (Å²) in [6.45, 7) is 7.40. The molecule has 2 aliphatic rings. The van der Waals surface area contributed by atoms with Crippen LogP contribution in [0.1, 0.15) is 52.0 Å². The highest BCUT2D eigenvalue weighted by Crippen LogP contribution is 2.29. The molecule has 7 heteroatoms. The van der Waals surface area contributed by atoms with Crippen molar-refractivity contribution in [1.29, 1.82) is 0 Å². The van der Waals surface area contributed by atoms with Crippen LogP contribution in [0.3, 0.4) is 0 Å². The van der Waals surface area contributed by atoms with Gasteiger partial charge in [0, 0.05) is 38.2 Å². The van der Waals surface area contributed by atoms with Crippen LogP contribution in [0.2, 0.25) is 0 Å². The van der Waals surface area contributed by atoms with Crippen LogP contribution in [0.4, 0.5) is 0 Å². The number of hydrogen-bond acceptors (Lipinski definition) is 5. The molecule has 0 N–H and O–H groups in total. The third kappa shape index (κ3) is 5.05. The van der Waals surface area contributed by atoms with Crippen LogP contribution in [0.15, 0.2) is 34.8 Å². The van der Waals surface area contributed by atoms with E-state index in [1.807, 2.05) is 42.2 Å². The molecule has 0 saturated carbocycles. The maximum atomic E-state index is 12.8. The van der Waals surface area contributed by atoms with E-state index in [1.165, 1.54) is 5.56 Å². The minimum atomic E-state index is -0.0929. The number of benzene rings is 1. The van der Waals surface area contributed by atoms with E-state index < -0.39 is 0 Å². The molecule has 2 saturated heterocycles. The van der Waals surface area contributed by atoms with Crippen LogP contribution >= 0.6 is 0 Å². The number of amides is 2. The first-order valence-electron chi connectivity index (χ1n) is 10.9. The van der Waals surface area contributed by atoms with Gasteiger partial charge in [-0.05, 0) is 38.3 Å². The Morgan fingerprint density at radius 2 is 1.68 bits per heavy atom. The summed E-state index contributed by atoms with van der Waals surface area (Å²) in [6.07, 6.45) is 5.04. The SMILES string of the molecule is Cc1ccc(/C=C/C(=O)N2CCC(c3nc(C(=O)N4CCOCC4)c(C)o3)CC2)cc1. The third-order valence-corrected chi connectivity index (χ3v) is 5.97. The number of morpholine rings is 1. The molecule has 0 bridgehead atoms. The number of nitrogens with zero attached hydrogens (tertiary/aromatic N) is 3. The molecular formula is C24H29N3O4. The zero-order chi connectivity index (χ0) is 21.8. The van der Waals surface area contributed by atoms with Crippen LogP contribution in [-0.4, -0.2) is 66.0 Å². The van der Waals surface area contributed by atoms with Gasteiger partial charge < -0.3 is 19.0 Å². The molecule has 4 rings (SSSR count). The van der Waals surface area contributed by atoms with Crippen molar-refractivity contribution in [3.05, 3.63) is 58.8 Å². The van der Waals surface area contributed by atoms with Crippen molar-refractivity contribution < 1.29 is 18.7 Å². The number of aryl methyl sites for hydroxylation is 2. The number of aromatic nitrogens is 1. The van der Waals surface area contributed by atoms with E-state index in [4.69, 9.17) is 9.15 Å². The zero-order valence-corrected chi connectivity index (χ0v) is 18.2. The maximum Gasteiger partial charge on any atom is 0.276 e. The van der Waals surface area contributed by atoms with Crippen molar-refractivity contribution in [2.45, 2.75) is 32.6 Å². The Morgan fingerprint density at radius 1 is 1.00 bits per heavy atom. The summed E-state index contributed by atoms with van der Waals surface area (Å²) in [5, 5.41) is 0. The van der Waals surface area contributed by atoms with Crippen LogP contribution < -0.4 is 0 Å². The van der Waals surface area contributed by atoms with Crippen molar-refractivity contribution in [2.75, 3.05) is 39.4 Å². The number of carbonyl (C=O) groups excluding carboxylic acids is 2. The second kappa shape index (κ2) is 9.47. The molecule has 1 aromatic carbocycles. The van der Waals surface area contributed by atoms with E-state index in [0.717, 1.165) is 18.4 Å². The first-order valence-corrected chi connectivity index (χ1v) is 10.9. The lowest BCUT2D eigenvalue weighted by Gasteiger charge is -2.29. The molecule has 1 aromatic heterocycles. The average Bonchev–Trinajstić information content (AvgIpc) is 3.20. The summed E-state index contributed by atoms with van der Waals surface area (Å²) in [5.41, 5.74) is 2.61. The number of hydrogen-bond donors (Lipinski definition) is 0. The third-order valence-electron chi connectivity index (χ3n) is 5.97. The molecule has 2 fully saturated rings. The molecule has 0 radical (unpaired) electrons. The van der Waals surface area contributed by atoms with Crippen LogP contribution in [0.5, 0.6) is 0 Å². The summed E-state index contributed by atoms with van der Waals surface area (Å²) in [6, 6.07) is 8.08. The fraction of sp³-hybridized carbons (Fsp3) is 0.458. The van der Waals surface area contributed by atoms with Gasteiger partial charge in [-0.15, -0.1) is 0 Å². The van der Waals surface area contributed by atoms with Gasteiger partial charge in [0.05, 0.1) is 13.2 Å². The fourth-order valence-electron chi connectivity index (χ4n) is 4.00. The van der Waals surface area contributed by atoms with Gasteiger partial charge in [0.25, 0.3) is 5.91 Å². The number of ether oxygens (including phenoxy) is 1. The van der Waals surface area contributed by atoms with Gasteiger partial charge in [0.1, 0.15) is 5.76 Å². The number of carbonyl (C=O) groups is 2. The summed E-state index contributed by atoms with van der Waals surface area (Å²) < 4.78 is 11.2. The van der Waals surface area contributed by atoms with Crippen LogP contribution in [-0.2, 0) is 9.53 Å². The van der Waals surface area contributed by atoms with Gasteiger partial charge in [-0.3, -0.25) is 9.59 Å². The summed E-state index contributed by atoms with van der Waals surface area (Å²) in [7, 11) is 0. The van der Waals surface area contributed by atoms with Gasteiger partial charge >= 0.3 is 0 Å². The maximum absolute atomic E-state index is 12.8. The molecule has 2 aromatic rings. The Kier molecular flexibility index (Phi) is 6.51. The topological polar surface area (TPSA) is 75.9 Å². The minimum absolute atomic E-state index is 0.0193. The molecule has 3 heterocycles. The molecular weight excluding hydrogens is 394 g/mol. The van der Waals surface area contributed by atoms with Crippen molar-refractivity contribution >= 4 is 17.9 Å². The van der Waals surface area contributed by atoms with E-state index in [1.54, 1.807) is 17.9 Å². The zero-order valence-electron chi connectivity index (χ0n) is 18.2. The highest BCUT2D eigenvalue weighted by atomic mass is 16.5. The van der Waals surface area contributed by atoms with Crippen molar-refractivity contribution in [1.82, 2.24) is 14.8 Å². The van der Waals surface area contributed by atoms with Gasteiger partial charge in [-0.1, -0.05) is 29.8 Å². The van der Waals surface area contributed by atoms with Gasteiger partial charge in [-0.2, -0.15) is 0 Å². The van der Waals surface area contributed by atoms with Crippen molar-refractivity contribution in [3.63, 3.8) is 0 Å². The van der Waals surface area contributed by atoms with Crippen molar-refractivity contribution in [3.8, 4) is 0 Å². The number of oxazole rings is 1. The monoisotopic (exact) mass is 423 g/mol. The Bertz CT molecular complexity index is 950. The Morgan fingerprint density at radius 3 is 2.35 bits per heavy atom. The minimum Gasteiger partial charge on any atom is -0.445 e. The quantitative estimate of drug-likeness (QED) is 0.706. The Labute approximate surface area is 182 Å². The molecule has 0 unspecified atom stereocenters. The molecule has 0 spiro atoms. The van der Waals surface area contributed by atoms with Crippen LogP contribution in [0.25, 0.3) is 6.08 Å². The Hall–Kier alpha value is -2.93. The number of rotatable bonds is 4. The average molecular weight is 424 g/mol. The first kappa shape index (κ1) is 21.3. The molecule has 2 amide bonds. The number of likely N-dealkylation sites (tertiary alicyclic amines) is 1. The summed E-state index contributed by atoms with van der Waals surface area (Å²) in [5.74, 6) is 1.22. The highest BCUT2D eigenvalue weighted by Gasteiger charge is 2.30. The van der Waals surface area contributed by atoms with E-state index in [0.29, 0.717) is 56.7 Å². The molecule has 7 nitrogen and oxygen atoms in total. The molecule has 164 valence electrons. The summed E-state index contributed by atoms with van der Waals surface area (Å²) >= 11 is 0. The van der Waals surface area contributed by atoms with Gasteiger partial charge in [0.2, 0.25) is 5.91 Å².